The van der Waals surface area contributed by atoms with Gasteiger partial charge in [-0.05, 0) is 20.4 Å². The number of hydrogen-bond donors (Lipinski definition) is 0. The van der Waals surface area contributed by atoms with Gasteiger partial charge in [0.15, 0.2) is 9.99 Å². The third-order valence-corrected chi connectivity index (χ3v) is 5.23. The molecule has 0 bridgehead atoms. The van der Waals surface area contributed by atoms with Gasteiger partial charge >= 0.3 is 0 Å². The fraction of sp³-hybridized carbons (Fsp3) is 0.500. The van der Waals surface area contributed by atoms with Gasteiger partial charge in [0.05, 0.1) is 0 Å². The fourth-order valence-electron chi connectivity index (χ4n) is 1.23. The molecule has 0 aromatic carbocycles. The molecule has 4 nitrogen and oxygen atoms in total. The third-order valence-electron chi connectivity index (χ3n) is 2.09. The molecule has 0 amide bonds. The fourth-order valence-corrected chi connectivity index (χ4v) is 3.92. The van der Waals surface area contributed by atoms with E-state index in [1.807, 2.05) is 6.26 Å². The van der Waals surface area contributed by atoms with Gasteiger partial charge in [0, 0.05) is 12.3 Å². The van der Waals surface area contributed by atoms with Gasteiger partial charge in [-0.25, -0.2) is 15.0 Å². The maximum atomic E-state index is 4.44. The second-order valence-corrected chi connectivity index (χ2v) is 6.80. The smallest absolute Gasteiger partial charge is 0.175 e. The highest BCUT2D eigenvalue weighted by Crippen LogP contribution is 2.32. The van der Waals surface area contributed by atoms with E-state index < -0.39 is 0 Å². The van der Waals surface area contributed by atoms with Crippen molar-refractivity contribution in [2.24, 2.45) is 0 Å². The van der Waals surface area contributed by atoms with E-state index in [1.165, 1.54) is 0 Å². The summed E-state index contributed by atoms with van der Waals surface area (Å²) in [6.45, 7) is 1.05. The van der Waals surface area contributed by atoms with E-state index in [9.17, 15) is 0 Å². The molecule has 0 aliphatic carbocycles. The highest BCUT2D eigenvalue weighted by atomic mass is 32.2. The largest absolute Gasteiger partial charge is 0.309 e. The monoisotopic (exact) mass is 286 g/mol. The summed E-state index contributed by atoms with van der Waals surface area (Å²) in [5.41, 5.74) is 0.821. The Bertz CT molecular complexity index is 497. The molecule has 7 heteroatoms. The van der Waals surface area contributed by atoms with Crippen LogP contribution >= 0.6 is 34.9 Å². The Hall–Kier alpha value is -0.370. The predicted octanol–water partition coefficient (Wildman–Crippen LogP) is 2.46. The maximum Gasteiger partial charge on any atom is 0.175 e. The van der Waals surface area contributed by atoms with Crippen LogP contribution in [0.4, 0.5) is 0 Å². The second-order valence-electron chi connectivity index (χ2n) is 3.67. The molecule has 0 fully saturated rings. The van der Waals surface area contributed by atoms with Crippen LogP contribution in [0.2, 0.25) is 0 Å². The van der Waals surface area contributed by atoms with E-state index in [4.69, 9.17) is 0 Å². The third kappa shape index (κ3) is 3.31. The lowest BCUT2D eigenvalue weighted by Crippen LogP contribution is -2.14. The van der Waals surface area contributed by atoms with E-state index in [0.717, 1.165) is 32.0 Å². The van der Waals surface area contributed by atoms with E-state index in [0.29, 0.717) is 0 Å². The molecule has 0 atom stereocenters. The van der Waals surface area contributed by atoms with Crippen molar-refractivity contribution in [2.75, 3.05) is 32.6 Å². The predicted molar refractivity (Wildman–Crippen MR) is 76.3 cm³/mol. The molecule has 0 radical (unpaired) electrons. The highest BCUT2D eigenvalue weighted by molar-refractivity contribution is 8.00. The first-order valence-corrected chi connectivity index (χ1v) is 8.16. The summed E-state index contributed by atoms with van der Waals surface area (Å²) in [6, 6.07) is 0. The van der Waals surface area contributed by atoms with Crippen LogP contribution in [-0.4, -0.2) is 52.5 Å². The van der Waals surface area contributed by atoms with Gasteiger partial charge in [-0.15, -0.1) is 23.1 Å². The molecule has 0 aliphatic heterocycles. The number of rotatable bonds is 5. The summed E-state index contributed by atoms with van der Waals surface area (Å²) in [6.07, 6.45) is 3.63. The molecule has 0 saturated carbocycles. The summed E-state index contributed by atoms with van der Waals surface area (Å²) in [5.74, 6) is 1.03. The lowest BCUT2D eigenvalue weighted by atomic mass is 10.6. The molecule has 2 aromatic heterocycles. The van der Waals surface area contributed by atoms with Crippen LogP contribution in [0.25, 0.3) is 10.3 Å². The minimum Gasteiger partial charge on any atom is -0.309 e. The van der Waals surface area contributed by atoms with Gasteiger partial charge in [0.25, 0.3) is 0 Å². The number of thioether (sulfide) groups is 2. The van der Waals surface area contributed by atoms with Crippen LogP contribution in [0.1, 0.15) is 0 Å². The molecule has 0 N–H and O–H groups in total. The van der Waals surface area contributed by atoms with E-state index in [-0.39, 0.29) is 0 Å². The molecule has 0 saturated heterocycles. The van der Waals surface area contributed by atoms with Crippen LogP contribution < -0.4 is 0 Å². The molecular weight excluding hydrogens is 272 g/mol. The van der Waals surface area contributed by atoms with Crippen LogP contribution in [0.15, 0.2) is 15.7 Å². The van der Waals surface area contributed by atoms with Crippen LogP contribution in [0.5, 0.6) is 0 Å². The number of aromatic nitrogens is 3. The van der Waals surface area contributed by atoms with Gasteiger partial charge in [-0.2, -0.15) is 0 Å². The summed E-state index contributed by atoms with van der Waals surface area (Å²) in [5, 5.41) is 1.05. The van der Waals surface area contributed by atoms with Crippen molar-refractivity contribution >= 4 is 45.2 Å². The SMILES string of the molecule is CSc1nc2ncnc(SCCN(C)C)c2s1. The van der Waals surface area contributed by atoms with E-state index in [1.54, 1.807) is 41.2 Å². The molecule has 0 unspecified atom stereocenters. The van der Waals surface area contributed by atoms with Crippen LogP contribution in [-0.2, 0) is 0 Å². The maximum absolute atomic E-state index is 4.44. The minimum absolute atomic E-state index is 0.821. The zero-order chi connectivity index (χ0) is 12.3. The quantitative estimate of drug-likeness (QED) is 0.621. The molecule has 92 valence electrons. The van der Waals surface area contributed by atoms with Gasteiger partial charge in [0.1, 0.15) is 16.1 Å². The van der Waals surface area contributed by atoms with Crippen LogP contribution in [0.3, 0.4) is 0 Å². The molecular formula is C10H14N4S3. The minimum atomic E-state index is 0.821. The van der Waals surface area contributed by atoms with E-state index >= 15 is 0 Å². The Labute approximate surface area is 113 Å². The summed E-state index contributed by atoms with van der Waals surface area (Å²) in [7, 11) is 4.16. The van der Waals surface area contributed by atoms with Gasteiger partial charge in [-0.1, -0.05) is 11.8 Å². The first kappa shape index (κ1) is 13.1. The number of hydrogen-bond acceptors (Lipinski definition) is 7. The van der Waals surface area contributed by atoms with Crippen molar-refractivity contribution in [1.29, 1.82) is 0 Å². The Morgan fingerprint density at radius 2 is 2.18 bits per heavy atom. The molecule has 2 rings (SSSR count). The van der Waals surface area contributed by atoms with Gasteiger partial charge < -0.3 is 4.90 Å². The molecule has 2 aromatic rings. The topological polar surface area (TPSA) is 41.9 Å². The molecule has 0 spiro atoms. The van der Waals surface area contributed by atoms with Crippen molar-refractivity contribution in [3.8, 4) is 0 Å². The first-order valence-electron chi connectivity index (χ1n) is 5.13. The van der Waals surface area contributed by atoms with Crippen molar-refractivity contribution in [3.05, 3.63) is 6.33 Å². The normalized spacial score (nSPS) is 11.5. The lowest BCUT2D eigenvalue weighted by Gasteiger charge is -2.07. The van der Waals surface area contributed by atoms with E-state index in [2.05, 4.69) is 33.9 Å². The number of thiazole rings is 1. The Morgan fingerprint density at radius 1 is 1.35 bits per heavy atom. The molecule has 2 heterocycles. The lowest BCUT2D eigenvalue weighted by molar-refractivity contribution is 0.437. The zero-order valence-corrected chi connectivity index (χ0v) is 12.5. The van der Waals surface area contributed by atoms with Crippen molar-refractivity contribution < 1.29 is 0 Å². The number of nitrogens with zero attached hydrogens (tertiary/aromatic N) is 4. The second kappa shape index (κ2) is 5.99. The zero-order valence-electron chi connectivity index (χ0n) is 10.0. The summed E-state index contributed by atoms with van der Waals surface area (Å²) >= 11 is 5.10. The van der Waals surface area contributed by atoms with Crippen molar-refractivity contribution in [1.82, 2.24) is 19.9 Å². The highest BCUT2D eigenvalue weighted by Gasteiger charge is 2.10. The Morgan fingerprint density at radius 3 is 2.88 bits per heavy atom. The molecule has 0 aliphatic rings. The molecule has 17 heavy (non-hydrogen) atoms. The summed E-state index contributed by atoms with van der Waals surface area (Å²) in [4.78, 5) is 15.2. The van der Waals surface area contributed by atoms with Gasteiger partial charge in [-0.3, -0.25) is 0 Å². The van der Waals surface area contributed by atoms with Crippen molar-refractivity contribution in [3.63, 3.8) is 0 Å². The summed E-state index contributed by atoms with van der Waals surface area (Å²) < 4.78 is 2.16. The Balaban J connectivity index is 2.18. The first-order chi connectivity index (χ1) is 8.20. The van der Waals surface area contributed by atoms with Crippen molar-refractivity contribution in [2.45, 2.75) is 9.37 Å². The standard InChI is InChI=1S/C10H14N4S3/c1-14(2)4-5-16-9-7-8(11-6-12-9)13-10(15-3)17-7/h6H,4-5H2,1-3H3. The Kier molecular flexibility index (Phi) is 4.61. The number of fused-ring (bicyclic) bond motifs is 1. The average Bonchev–Trinajstić information content (AvgIpc) is 2.72. The van der Waals surface area contributed by atoms with Crippen LogP contribution in [0, 0.1) is 0 Å². The average molecular weight is 286 g/mol. The van der Waals surface area contributed by atoms with Gasteiger partial charge in [0.2, 0.25) is 0 Å².